The first-order chi connectivity index (χ1) is 11.1. The fraction of sp³-hybridized carbons (Fsp3) is 0.647. The van der Waals surface area contributed by atoms with Crippen LogP contribution in [0.5, 0.6) is 0 Å². The van der Waals surface area contributed by atoms with Crippen LogP contribution in [0.2, 0.25) is 0 Å². The zero-order valence-electron chi connectivity index (χ0n) is 14.3. The first-order valence-corrected chi connectivity index (χ1v) is 9.81. The molecule has 132 valence electrons. The Kier molecular flexibility index (Phi) is 4.10. The van der Waals surface area contributed by atoms with Gasteiger partial charge >= 0.3 is 5.97 Å². The van der Waals surface area contributed by atoms with Gasteiger partial charge in [0.1, 0.15) is 6.04 Å². The van der Waals surface area contributed by atoms with Crippen molar-refractivity contribution in [3.63, 3.8) is 0 Å². The van der Waals surface area contributed by atoms with E-state index in [2.05, 4.69) is 4.98 Å². The Bertz CT molecular complexity index is 737. The molecule has 24 heavy (non-hydrogen) atoms. The molecule has 3 rings (SSSR count). The van der Waals surface area contributed by atoms with Gasteiger partial charge < -0.3 is 10.0 Å². The van der Waals surface area contributed by atoms with E-state index in [1.807, 2.05) is 4.90 Å². The molecule has 0 bridgehead atoms. The lowest BCUT2D eigenvalue weighted by atomic mass is 9.94. The third-order valence-electron chi connectivity index (χ3n) is 5.28. The van der Waals surface area contributed by atoms with Gasteiger partial charge in [-0.3, -0.25) is 0 Å². The molecule has 3 unspecified atom stereocenters. The van der Waals surface area contributed by atoms with Crippen LogP contribution in [0, 0.1) is 11.8 Å². The molecule has 2 aliphatic rings. The predicted molar refractivity (Wildman–Crippen MR) is 90.8 cm³/mol. The van der Waals surface area contributed by atoms with Crippen molar-refractivity contribution in [1.29, 1.82) is 0 Å². The second-order valence-electron chi connectivity index (χ2n) is 7.76. The van der Waals surface area contributed by atoms with E-state index in [9.17, 15) is 18.3 Å². The molecule has 1 aromatic heterocycles. The number of carboxylic acid groups (broad SMARTS) is 1. The predicted octanol–water partition coefficient (Wildman–Crippen LogP) is 2.34. The smallest absolute Gasteiger partial charge is 0.326 e. The number of anilines is 1. The van der Waals surface area contributed by atoms with Crippen LogP contribution in [0.4, 0.5) is 5.69 Å². The van der Waals surface area contributed by atoms with Gasteiger partial charge in [-0.15, -0.1) is 0 Å². The van der Waals surface area contributed by atoms with E-state index in [1.54, 1.807) is 26.8 Å². The van der Waals surface area contributed by atoms with Crippen LogP contribution in [0.15, 0.2) is 23.4 Å². The summed E-state index contributed by atoms with van der Waals surface area (Å²) in [6.45, 7) is 5.62. The molecule has 2 fully saturated rings. The molecule has 1 aromatic rings. The summed E-state index contributed by atoms with van der Waals surface area (Å²) in [7, 11) is -3.51. The highest BCUT2D eigenvalue weighted by Crippen LogP contribution is 2.44. The van der Waals surface area contributed by atoms with Gasteiger partial charge in [-0.25, -0.2) is 18.2 Å². The molecule has 0 spiro atoms. The fourth-order valence-corrected chi connectivity index (χ4v) is 4.97. The van der Waals surface area contributed by atoms with E-state index in [-0.39, 0.29) is 10.9 Å². The van der Waals surface area contributed by atoms with Crippen molar-refractivity contribution in [2.75, 3.05) is 11.4 Å². The van der Waals surface area contributed by atoms with E-state index in [0.29, 0.717) is 18.2 Å². The van der Waals surface area contributed by atoms with Crippen LogP contribution in [0.25, 0.3) is 0 Å². The molecule has 1 aliphatic heterocycles. The highest BCUT2D eigenvalue weighted by Gasteiger charge is 2.48. The van der Waals surface area contributed by atoms with Crippen molar-refractivity contribution in [3.05, 3.63) is 18.3 Å². The molecule has 1 saturated heterocycles. The summed E-state index contributed by atoms with van der Waals surface area (Å²) in [5.41, 5.74) is 0.685. The van der Waals surface area contributed by atoms with Gasteiger partial charge in [0, 0.05) is 6.54 Å². The van der Waals surface area contributed by atoms with Crippen LogP contribution in [-0.4, -0.2) is 41.8 Å². The molecule has 3 atom stereocenters. The molecule has 0 radical (unpaired) electrons. The molecule has 0 amide bonds. The maximum atomic E-state index is 12.4. The zero-order valence-corrected chi connectivity index (χ0v) is 15.1. The fourth-order valence-electron chi connectivity index (χ4n) is 3.90. The number of aliphatic carboxylic acids is 1. The van der Waals surface area contributed by atoms with Gasteiger partial charge in [-0.2, -0.15) is 0 Å². The number of nitrogens with zero attached hydrogens (tertiary/aromatic N) is 2. The SMILES string of the molecule is CC(C)(C)S(=O)(=O)c1ccc(N2CC3CCCC3C2C(=O)O)cn1. The van der Waals surface area contributed by atoms with Crippen molar-refractivity contribution >= 4 is 21.5 Å². The molecule has 1 saturated carbocycles. The monoisotopic (exact) mass is 352 g/mol. The van der Waals surface area contributed by atoms with Crippen LogP contribution >= 0.6 is 0 Å². The lowest BCUT2D eigenvalue weighted by molar-refractivity contribution is -0.139. The van der Waals surface area contributed by atoms with Crippen molar-refractivity contribution in [3.8, 4) is 0 Å². The zero-order chi connectivity index (χ0) is 17.7. The van der Waals surface area contributed by atoms with Crippen molar-refractivity contribution in [2.45, 2.75) is 55.8 Å². The number of rotatable bonds is 3. The second kappa shape index (κ2) is 5.72. The molecule has 7 heteroatoms. The molecule has 1 aliphatic carbocycles. The van der Waals surface area contributed by atoms with Crippen LogP contribution in [-0.2, 0) is 14.6 Å². The van der Waals surface area contributed by atoms with Crippen LogP contribution in [0.3, 0.4) is 0 Å². The van der Waals surface area contributed by atoms with Crippen LogP contribution in [0.1, 0.15) is 40.0 Å². The Labute approximate surface area is 142 Å². The van der Waals surface area contributed by atoms with Gasteiger partial charge in [-0.1, -0.05) is 6.42 Å². The summed E-state index contributed by atoms with van der Waals surface area (Å²) in [6.07, 6.45) is 4.60. The summed E-state index contributed by atoms with van der Waals surface area (Å²) in [5.74, 6) is -0.222. The van der Waals surface area contributed by atoms with Gasteiger partial charge in [0.15, 0.2) is 14.9 Å². The van der Waals surface area contributed by atoms with Crippen molar-refractivity contribution in [1.82, 2.24) is 4.98 Å². The van der Waals surface area contributed by atoms with E-state index < -0.39 is 26.6 Å². The van der Waals surface area contributed by atoms with Gasteiger partial charge in [0.05, 0.1) is 16.6 Å². The summed E-state index contributed by atoms with van der Waals surface area (Å²) in [6, 6.07) is 2.63. The summed E-state index contributed by atoms with van der Waals surface area (Å²) in [5, 5.41) is 9.66. The van der Waals surface area contributed by atoms with Gasteiger partial charge in [0.25, 0.3) is 0 Å². The summed E-state index contributed by atoms with van der Waals surface area (Å²) < 4.78 is 24.0. The third-order valence-corrected chi connectivity index (χ3v) is 7.68. The summed E-state index contributed by atoms with van der Waals surface area (Å²) in [4.78, 5) is 17.7. The van der Waals surface area contributed by atoms with E-state index in [0.717, 1.165) is 19.3 Å². The molecule has 0 aromatic carbocycles. The quantitative estimate of drug-likeness (QED) is 0.898. The minimum Gasteiger partial charge on any atom is -0.480 e. The first-order valence-electron chi connectivity index (χ1n) is 8.33. The lowest BCUT2D eigenvalue weighted by Crippen LogP contribution is -2.39. The Morgan fingerprint density at radius 3 is 2.54 bits per heavy atom. The maximum Gasteiger partial charge on any atom is 0.326 e. The Morgan fingerprint density at radius 2 is 2.00 bits per heavy atom. The number of carbonyl (C=O) groups is 1. The Balaban J connectivity index is 1.90. The topological polar surface area (TPSA) is 87.6 Å². The van der Waals surface area contributed by atoms with Crippen molar-refractivity contribution < 1.29 is 18.3 Å². The molecule has 6 nitrogen and oxygen atoms in total. The standard InChI is InChI=1S/C17H24N2O4S/c1-17(2,3)24(22,23)14-8-7-12(9-18-14)19-10-11-5-4-6-13(11)15(19)16(20)21/h7-9,11,13,15H,4-6,10H2,1-3H3,(H,20,21). The lowest BCUT2D eigenvalue weighted by Gasteiger charge is -2.26. The number of aromatic nitrogens is 1. The largest absolute Gasteiger partial charge is 0.480 e. The van der Waals surface area contributed by atoms with Crippen molar-refractivity contribution in [2.24, 2.45) is 11.8 Å². The normalized spacial score (nSPS) is 27.3. The van der Waals surface area contributed by atoms with Gasteiger partial charge in [-0.05, 0) is 57.6 Å². The Hall–Kier alpha value is -1.63. The van der Waals surface area contributed by atoms with Crippen LogP contribution < -0.4 is 4.90 Å². The number of sulfone groups is 1. The number of hydrogen-bond acceptors (Lipinski definition) is 5. The average molecular weight is 352 g/mol. The highest BCUT2D eigenvalue weighted by molar-refractivity contribution is 7.92. The average Bonchev–Trinajstić information content (AvgIpc) is 3.05. The number of carboxylic acids is 1. The minimum atomic E-state index is -3.51. The first kappa shape index (κ1) is 17.2. The molecular weight excluding hydrogens is 328 g/mol. The number of hydrogen-bond donors (Lipinski definition) is 1. The number of pyridine rings is 1. The van der Waals surface area contributed by atoms with Gasteiger partial charge in [0.2, 0.25) is 0 Å². The minimum absolute atomic E-state index is 0.0324. The highest BCUT2D eigenvalue weighted by atomic mass is 32.2. The third kappa shape index (κ3) is 2.68. The summed E-state index contributed by atoms with van der Waals surface area (Å²) >= 11 is 0. The molecule has 1 N–H and O–H groups in total. The maximum absolute atomic E-state index is 12.4. The van der Waals surface area contributed by atoms with E-state index in [1.165, 1.54) is 12.3 Å². The molecular formula is C17H24N2O4S. The van der Waals surface area contributed by atoms with E-state index >= 15 is 0 Å². The van der Waals surface area contributed by atoms with E-state index in [4.69, 9.17) is 0 Å². The number of fused-ring (bicyclic) bond motifs is 1. The Morgan fingerprint density at radius 1 is 1.29 bits per heavy atom. The second-order valence-corrected chi connectivity index (χ2v) is 10.4. The molecule has 2 heterocycles.